The summed E-state index contributed by atoms with van der Waals surface area (Å²) in [7, 11) is 5.01. The summed E-state index contributed by atoms with van der Waals surface area (Å²) < 4.78 is 12.7. The van der Waals surface area contributed by atoms with Crippen LogP contribution in [0.1, 0.15) is 21.9 Å². The Hall–Kier alpha value is -4.31. The molecular formula is C29H29N5O4S. The van der Waals surface area contributed by atoms with Gasteiger partial charge in [0, 0.05) is 37.1 Å². The third-order valence-corrected chi connectivity index (χ3v) is 7.80. The first-order valence-electron chi connectivity index (χ1n) is 12.4. The molecule has 3 heterocycles. The van der Waals surface area contributed by atoms with Gasteiger partial charge in [0.2, 0.25) is 11.8 Å². The predicted molar refractivity (Wildman–Crippen MR) is 151 cm³/mol. The third kappa shape index (κ3) is 5.46. The molecule has 0 radical (unpaired) electrons. The SMILES string of the molecule is COc1ccc(C2SCC(=O)N(CC(=O)NCc3ccncc3)c3c2c(-c2ccccc2)nn3C)cc1OC. The van der Waals surface area contributed by atoms with E-state index < -0.39 is 0 Å². The number of hydrogen-bond acceptors (Lipinski definition) is 7. The monoisotopic (exact) mass is 543 g/mol. The number of thioether (sulfide) groups is 1. The van der Waals surface area contributed by atoms with E-state index in [1.54, 1.807) is 36.2 Å². The molecule has 0 saturated carbocycles. The maximum Gasteiger partial charge on any atom is 0.240 e. The summed E-state index contributed by atoms with van der Waals surface area (Å²) in [6, 6.07) is 19.3. The van der Waals surface area contributed by atoms with E-state index in [2.05, 4.69) is 10.3 Å². The zero-order chi connectivity index (χ0) is 27.4. The van der Waals surface area contributed by atoms with Crippen LogP contribution in [0.3, 0.4) is 0 Å². The Balaban J connectivity index is 1.56. The Kier molecular flexibility index (Phi) is 7.83. The van der Waals surface area contributed by atoms with Crippen LogP contribution < -0.4 is 19.7 Å². The van der Waals surface area contributed by atoms with Gasteiger partial charge in [-0.3, -0.25) is 24.2 Å². The lowest BCUT2D eigenvalue weighted by molar-refractivity contribution is -0.123. The van der Waals surface area contributed by atoms with E-state index in [1.165, 1.54) is 11.8 Å². The molecule has 0 bridgehead atoms. The molecule has 0 spiro atoms. The largest absolute Gasteiger partial charge is 0.493 e. The average Bonchev–Trinajstić information content (AvgIpc) is 3.24. The van der Waals surface area contributed by atoms with Gasteiger partial charge in [-0.1, -0.05) is 36.4 Å². The highest BCUT2D eigenvalue weighted by atomic mass is 32.2. The summed E-state index contributed by atoms with van der Waals surface area (Å²) >= 11 is 1.50. The van der Waals surface area contributed by atoms with E-state index in [0.29, 0.717) is 23.9 Å². The van der Waals surface area contributed by atoms with Gasteiger partial charge in [-0.05, 0) is 35.4 Å². The van der Waals surface area contributed by atoms with Gasteiger partial charge in [-0.2, -0.15) is 5.10 Å². The van der Waals surface area contributed by atoms with Crippen molar-refractivity contribution in [2.24, 2.45) is 7.05 Å². The second-order valence-electron chi connectivity index (χ2n) is 8.99. The minimum Gasteiger partial charge on any atom is -0.493 e. The molecule has 1 unspecified atom stereocenters. The maximum absolute atomic E-state index is 13.5. The first-order valence-corrected chi connectivity index (χ1v) is 13.5. The van der Waals surface area contributed by atoms with E-state index in [9.17, 15) is 9.59 Å². The molecule has 1 aliphatic rings. The first kappa shape index (κ1) is 26.3. The fraction of sp³-hybridized carbons (Fsp3) is 0.241. The van der Waals surface area contributed by atoms with Crippen molar-refractivity contribution in [3.8, 4) is 22.8 Å². The lowest BCUT2D eigenvalue weighted by Gasteiger charge is -2.22. The summed E-state index contributed by atoms with van der Waals surface area (Å²) in [5, 5.41) is 7.54. The number of nitrogens with one attached hydrogen (secondary N) is 1. The van der Waals surface area contributed by atoms with Gasteiger partial charge in [0.25, 0.3) is 0 Å². The zero-order valence-electron chi connectivity index (χ0n) is 22.0. The van der Waals surface area contributed by atoms with Crippen LogP contribution in [-0.4, -0.2) is 53.1 Å². The molecule has 5 rings (SSSR count). The Morgan fingerprint density at radius 2 is 1.79 bits per heavy atom. The van der Waals surface area contributed by atoms with Crippen LogP contribution in [-0.2, 0) is 23.2 Å². The quantitative estimate of drug-likeness (QED) is 0.359. The molecule has 2 aromatic carbocycles. The van der Waals surface area contributed by atoms with Gasteiger partial charge in [-0.15, -0.1) is 11.8 Å². The van der Waals surface area contributed by atoms with Gasteiger partial charge in [0.05, 0.1) is 30.9 Å². The van der Waals surface area contributed by atoms with Gasteiger partial charge < -0.3 is 14.8 Å². The summed E-state index contributed by atoms with van der Waals surface area (Å²) in [6.07, 6.45) is 3.36. The number of anilines is 1. The molecule has 39 heavy (non-hydrogen) atoms. The number of aryl methyl sites for hydroxylation is 1. The molecule has 4 aromatic rings. The van der Waals surface area contributed by atoms with Crippen molar-refractivity contribution in [3.05, 3.63) is 89.7 Å². The minimum absolute atomic E-state index is 0.121. The van der Waals surface area contributed by atoms with Crippen LogP contribution in [0.5, 0.6) is 11.5 Å². The van der Waals surface area contributed by atoms with Crippen molar-refractivity contribution in [2.45, 2.75) is 11.8 Å². The standard InChI is InChI=1S/C29H29N5O4S/c1-33-29-26(27(32-33)20-7-5-4-6-8-20)28(21-9-10-22(37-2)23(15-21)38-3)39-18-25(36)34(29)17-24(35)31-16-19-11-13-30-14-12-19/h4-15,28H,16-18H2,1-3H3,(H,31,35). The molecule has 1 atom stereocenters. The fourth-order valence-electron chi connectivity index (χ4n) is 4.68. The number of carbonyl (C=O) groups is 2. The second kappa shape index (κ2) is 11.6. The van der Waals surface area contributed by atoms with Crippen molar-refractivity contribution in [1.82, 2.24) is 20.1 Å². The van der Waals surface area contributed by atoms with E-state index in [4.69, 9.17) is 14.6 Å². The summed E-state index contributed by atoms with van der Waals surface area (Å²) in [5.41, 5.74) is 4.43. The number of benzene rings is 2. The predicted octanol–water partition coefficient (Wildman–Crippen LogP) is 3.98. The van der Waals surface area contributed by atoms with Crippen LogP contribution >= 0.6 is 11.8 Å². The number of carbonyl (C=O) groups excluding carboxylic acids is 2. The highest BCUT2D eigenvalue weighted by Gasteiger charge is 2.36. The van der Waals surface area contributed by atoms with Crippen LogP contribution in [0.2, 0.25) is 0 Å². The van der Waals surface area contributed by atoms with Crippen LogP contribution in [0.4, 0.5) is 5.82 Å². The number of amides is 2. The topological polar surface area (TPSA) is 98.6 Å². The highest BCUT2D eigenvalue weighted by molar-refractivity contribution is 8.00. The molecule has 1 N–H and O–H groups in total. The molecule has 1 aliphatic heterocycles. The third-order valence-electron chi connectivity index (χ3n) is 6.54. The summed E-state index contributed by atoms with van der Waals surface area (Å²) in [4.78, 5) is 32.1. The van der Waals surface area contributed by atoms with Crippen molar-refractivity contribution < 1.29 is 19.1 Å². The molecule has 0 aliphatic carbocycles. The average molecular weight is 544 g/mol. The molecule has 10 heteroatoms. The number of hydrogen-bond donors (Lipinski definition) is 1. The normalized spacial score (nSPS) is 14.9. The number of rotatable bonds is 8. The number of fused-ring (bicyclic) bond motifs is 1. The Morgan fingerprint density at radius 3 is 2.51 bits per heavy atom. The minimum atomic E-state index is -0.261. The molecular weight excluding hydrogens is 514 g/mol. The maximum atomic E-state index is 13.5. The Labute approximate surface area is 231 Å². The van der Waals surface area contributed by atoms with E-state index in [1.807, 2.05) is 67.7 Å². The van der Waals surface area contributed by atoms with Crippen molar-refractivity contribution in [3.63, 3.8) is 0 Å². The molecule has 2 aromatic heterocycles. The second-order valence-corrected chi connectivity index (χ2v) is 10.1. The molecule has 200 valence electrons. The number of nitrogens with zero attached hydrogens (tertiary/aromatic N) is 4. The van der Waals surface area contributed by atoms with Gasteiger partial charge in [0.15, 0.2) is 11.5 Å². The van der Waals surface area contributed by atoms with Gasteiger partial charge in [-0.25, -0.2) is 0 Å². The van der Waals surface area contributed by atoms with Gasteiger partial charge >= 0.3 is 0 Å². The van der Waals surface area contributed by atoms with Crippen LogP contribution in [0, 0.1) is 0 Å². The lowest BCUT2D eigenvalue weighted by Crippen LogP contribution is -2.42. The molecule has 0 saturated heterocycles. The zero-order valence-corrected chi connectivity index (χ0v) is 22.8. The summed E-state index contributed by atoms with van der Waals surface area (Å²) in [6.45, 7) is 0.226. The van der Waals surface area contributed by atoms with Crippen molar-refractivity contribution >= 4 is 29.4 Å². The molecule has 0 fully saturated rings. The van der Waals surface area contributed by atoms with E-state index in [0.717, 1.165) is 27.9 Å². The fourth-order valence-corrected chi connectivity index (χ4v) is 5.87. The van der Waals surface area contributed by atoms with Crippen LogP contribution in [0.15, 0.2) is 73.1 Å². The number of ether oxygens (including phenoxy) is 2. The Bertz CT molecular complexity index is 1480. The highest BCUT2D eigenvalue weighted by Crippen LogP contribution is 2.48. The van der Waals surface area contributed by atoms with Crippen molar-refractivity contribution in [2.75, 3.05) is 31.4 Å². The first-order chi connectivity index (χ1) is 19.0. The lowest BCUT2D eigenvalue weighted by atomic mass is 9.99. The van der Waals surface area contributed by atoms with Gasteiger partial charge in [0.1, 0.15) is 12.4 Å². The van der Waals surface area contributed by atoms with Crippen LogP contribution in [0.25, 0.3) is 11.3 Å². The van der Waals surface area contributed by atoms with E-state index >= 15 is 0 Å². The van der Waals surface area contributed by atoms with E-state index in [-0.39, 0.29) is 29.4 Å². The smallest absolute Gasteiger partial charge is 0.240 e. The molecule has 9 nitrogen and oxygen atoms in total. The Morgan fingerprint density at radius 1 is 1.05 bits per heavy atom. The number of aromatic nitrogens is 3. The number of pyridine rings is 1. The summed E-state index contributed by atoms with van der Waals surface area (Å²) in [5.74, 6) is 1.60. The molecule has 2 amide bonds. The number of methoxy groups -OCH3 is 2. The van der Waals surface area contributed by atoms with Crippen molar-refractivity contribution in [1.29, 1.82) is 0 Å².